The third-order valence-corrected chi connectivity index (χ3v) is 4.25. The van der Waals surface area contributed by atoms with Gasteiger partial charge in [0, 0.05) is 12.8 Å². The summed E-state index contributed by atoms with van der Waals surface area (Å²) in [6.07, 6.45) is 7.36. The lowest BCUT2D eigenvalue weighted by atomic mass is 9.88. The van der Waals surface area contributed by atoms with E-state index in [1.165, 1.54) is 36.8 Å². The van der Waals surface area contributed by atoms with Gasteiger partial charge in [0.1, 0.15) is 6.10 Å². The number of ether oxygens (including phenoxy) is 1. The van der Waals surface area contributed by atoms with Crippen LogP contribution in [0.1, 0.15) is 56.6 Å². The number of hydrogen-bond acceptors (Lipinski definition) is 2. The first kappa shape index (κ1) is 12.7. The van der Waals surface area contributed by atoms with E-state index >= 15 is 0 Å². The number of aliphatic hydroxyl groups excluding tert-OH is 1. The monoisotopic (exact) mass is 258 g/mol. The van der Waals surface area contributed by atoms with E-state index in [1.54, 1.807) is 0 Å². The second-order valence-electron chi connectivity index (χ2n) is 5.63. The fourth-order valence-electron chi connectivity index (χ4n) is 3.18. The van der Waals surface area contributed by atoms with Crippen LogP contribution in [0.5, 0.6) is 0 Å². The molecule has 1 aromatic rings. The van der Waals surface area contributed by atoms with Crippen molar-refractivity contribution in [2.24, 2.45) is 0 Å². The Morgan fingerprint density at radius 2 is 1.68 bits per heavy atom. The van der Waals surface area contributed by atoms with Gasteiger partial charge in [0.05, 0.1) is 11.9 Å². The molecule has 1 aliphatic heterocycles. The summed E-state index contributed by atoms with van der Waals surface area (Å²) in [5, 5.41) is 10.4. The van der Waals surface area contributed by atoms with Crippen LogP contribution in [0.4, 0.5) is 0 Å². The number of aliphatic hydroxyl groups is 1. The van der Waals surface area contributed by atoms with E-state index in [2.05, 4.69) is 12.1 Å². The zero-order valence-electron chi connectivity index (χ0n) is 11.3. The Morgan fingerprint density at radius 3 is 2.47 bits per heavy atom. The first-order valence-corrected chi connectivity index (χ1v) is 7.46. The number of allylic oxidation sites excluding steroid dienone is 1. The lowest BCUT2D eigenvalue weighted by Crippen LogP contribution is -2.25. The summed E-state index contributed by atoms with van der Waals surface area (Å²) in [6, 6.07) is 10.3. The Labute approximate surface area is 115 Å². The van der Waals surface area contributed by atoms with Crippen molar-refractivity contribution < 1.29 is 9.84 Å². The summed E-state index contributed by atoms with van der Waals surface area (Å²) >= 11 is 0. The van der Waals surface area contributed by atoms with E-state index in [0.717, 1.165) is 18.6 Å². The highest BCUT2D eigenvalue weighted by Crippen LogP contribution is 2.38. The largest absolute Gasteiger partial charge is 0.490 e. The van der Waals surface area contributed by atoms with Crippen LogP contribution in [0.2, 0.25) is 0 Å². The van der Waals surface area contributed by atoms with Gasteiger partial charge in [0.25, 0.3) is 0 Å². The van der Waals surface area contributed by atoms with Crippen molar-refractivity contribution in [3.63, 3.8) is 0 Å². The molecule has 0 unspecified atom stereocenters. The Kier molecular flexibility index (Phi) is 3.88. The summed E-state index contributed by atoms with van der Waals surface area (Å²) in [6.45, 7) is 0. The third kappa shape index (κ3) is 2.84. The molecule has 0 bridgehead atoms. The number of benzene rings is 1. The molecule has 0 radical (unpaired) electrons. The van der Waals surface area contributed by atoms with Crippen LogP contribution in [-0.4, -0.2) is 11.2 Å². The molecule has 0 fully saturated rings. The molecule has 3 rings (SSSR count). The van der Waals surface area contributed by atoms with Crippen molar-refractivity contribution in [1.82, 2.24) is 0 Å². The van der Waals surface area contributed by atoms with Crippen LogP contribution in [0, 0.1) is 0 Å². The third-order valence-electron chi connectivity index (χ3n) is 4.25. The van der Waals surface area contributed by atoms with E-state index < -0.39 is 0 Å². The van der Waals surface area contributed by atoms with Gasteiger partial charge in [0.15, 0.2) is 0 Å². The van der Waals surface area contributed by atoms with Gasteiger partial charge in [-0.05, 0) is 30.4 Å². The molecular weight excluding hydrogens is 236 g/mol. The highest BCUT2D eigenvalue weighted by Gasteiger charge is 2.30. The van der Waals surface area contributed by atoms with Crippen LogP contribution < -0.4 is 0 Å². The molecule has 0 saturated carbocycles. The predicted octanol–water partition coefficient (Wildman–Crippen LogP) is 4.12. The van der Waals surface area contributed by atoms with Crippen molar-refractivity contribution in [1.29, 1.82) is 0 Å². The van der Waals surface area contributed by atoms with E-state index in [4.69, 9.17) is 4.74 Å². The molecule has 2 heteroatoms. The average Bonchev–Trinajstić information content (AvgIpc) is 2.41. The minimum Gasteiger partial charge on any atom is -0.490 e. The molecular formula is C17H22O2. The number of rotatable bonds is 1. The SMILES string of the molecule is O[C@@H]1C[C@H](c2ccccc2)OC2=C1CCCCCC2. The van der Waals surface area contributed by atoms with E-state index in [9.17, 15) is 5.11 Å². The van der Waals surface area contributed by atoms with Gasteiger partial charge in [-0.3, -0.25) is 0 Å². The van der Waals surface area contributed by atoms with Crippen LogP contribution in [0.3, 0.4) is 0 Å². The van der Waals surface area contributed by atoms with Gasteiger partial charge in [-0.25, -0.2) is 0 Å². The Morgan fingerprint density at radius 1 is 0.947 bits per heavy atom. The molecule has 2 atom stereocenters. The van der Waals surface area contributed by atoms with E-state index in [-0.39, 0.29) is 12.2 Å². The normalized spacial score (nSPS) is 28.1. The summed E-state index contributed by atoms with van der Waals surface area (Å²) < 4.78 is 6.20. The predicted molar refractivity (Wildman–Crippen MR) is 75.6 cm³/mol. The molecule has 102 valence electrons. The van der Waals surface area contributed by atoms with Crippen molar-refractivity contribution in [3.8, 4) is 0 Å². The lowest BCUT2D eigenvalue weighted by molar-refractivity contribution is 0.0263. The minimum atomic E-state index is -0.313. The van der Waals surface area contributed by atoms with E-state index in [0.29, 0.717) is 6.42 Å². The molecule has 2 aliphatic rings. The van der Waals surface area contributed by atoms with Gasteiger partial charge >= 0.3 is 0 Å². The van der Waals surface area contributed by atoms with Crippen molar-refractivity contribution >= 4 is 0 Å². The fraction of sp³-hybridized carbons (Fsp3) is 0.529. The van der Waals surface area contributed by atoms with Gasteiger partial charge in [0.2, 0.25) is 0 Å². The van der Waals surface area contributed by atoms with Crippen molar-refractivity contribution in [2.75, 3.05) is 0 Å². The average molecular weight is 258 g/mol. The molecule has 1 N–H and O–H groups in total. The maximum atomic E-state index is 10.4. The minimum absolute atomic E-state index is 0.0226. The Hall–Kier alpha value is -1.28. The summed E-state index contributed by atoms with van der Waals surface area (Å²) in [4.78, 5) is 0. The first-order chi connectivity index (χ1) is 9.34. The van der Waals surface area contributed by atoms with E-state index in [1.807, 2.05) is 18.2 Å². The van der Waals surface area contributed by atoms with Crippen LogP contribution in [-0.2, 0) is 4.74 Å². The van der Waals surface area contributed by atoms with Gasteiger partial charge in [-0.15, -0.1) is 0 Å². The van der Waals surface area contributed by atoms with Crippen molar-refractivity contribution in [2.45, 2.75) is 57.2 Å². The summed E-state index contributed by atoms with van der Waals surface area (Å²) in [5.41, 5.74) is 2.35. The maximum absolute atomic E-state index is 10.4. The summed E-state index contributed by atoms with van der Waals surface area (Å²) in [5.74, 6) is 1.08. The molecule has 0 aromatic heterocycles. The summed E-state index contributed by atoms with van der Waals surface area (Å²) in [7, 11) is 0. The van der Waals surface area contributed by atoms with Crippen LogP contribution in [0.15, 0.2) is 41.7 Å². The smallest absolute Gasteiger partial charge is 0.126 e. The van der Waals surface area contributed by atoms with Gasteiger partial charge < -0.3 is 9.84 Å². The van der Waals surface area contributed by atoms with Crippen molar-refractivity contribution in [3.05, 3.63) is 47.2 Å². The molecule has 1 heterocycles. The zero-order valence-corrected chi connectivity index (χ0v) is 11.3. The highest BCUT2D eigenvalue weighted by molar-refractivity contribution is 5.24. The molecule has 2 nitrogen and oxygen atoms in total. The lowest BCUT2D eigenvalue weighted by Gasteiger charge is -2.33. The molecule has 0 spiro atoms. The number of hydrogen-bond donors (Lipinski definition) is 1. The van der Waals surface area contributed by atoms with Gasteiger partial charge in [-0.1, -0.05) is 43.2 Å². The van der Waals surface area contributed by atoms with Crippen LogP contribution in [0.25, 0.3) is 0 Å². The second kappa shape index (κ2) is 5.79. The molecule has 19 heavy (non-hydrogen) atoms. The maximum Gasteiger partial charge on any atom is 0.126 e. The fourth-order valence-corrected chi connectivity index (χ4v) is 3.18. The van der Waals surface area contributed by atoms with Crippen LogP contribution >= 0.6 is 0 Å². The standard InChI is InChI=1S/C17H22O2/c18-15-12-17(13-8-4-3-5-9-13)19-16-11-7-2-1-6-10-14(15)16/h3-5,8-9,15,17-18H,1-2,6-7,10-12H2/t15-,17-/m1/s1. The molecule has 1 aliphatic carbocycles. The highest BCUT2D eigenvalue weighted by atomic mass is 16.5. The Balaban J connectivity index is 1.83. The zero-order chi connectivity index (χ0) is 13.1. The van der Waals surface area contributed by atoms with Gasteiger partial charge in [-0.2, -0.15) is 0 Å². The second-order valence-corrected chi connectivity index (χ2v) is 5.63. The topological polar surface area (TPSA) is 29.5 Å². The molecule has 0 saturated heterocycles. The first-order valence-electron chi connectivity index (χ1n) is 7.46. The molecule has 1 aromatic carbocycles. The Bertz CT molecular complexity index is 450. The molecule has 0 amide bonds. The quantitative estimate of drug-likeness (QED) is 0.821.